The molecule has 1 atom stereocenters. The van der Waals surface area contributed by atoms with Gasteiger partial charge in [0.05, 0.1) is 5.69 Å². The Morgan fingerprint density at radius 1 is 1.02 bits per heavy atom. The third kappa shape index (κ3) is 8.19. The number of carbonyl (C=O) groups excluding carboxylic acids is 2. The Bertz CT molecular complexity index is 1340. The minimum Gasteiger partial charge on any atom is -0.480 e. The van der Waals surface area contributed by atoms with Crippen molar-refractivity contribution in [3.63, 3.8) is 0 Å². The second kappa shape index (κ2) is 13.7. The number of fused-ring (bicyclic) bond motifs is 3. The highest BCUT2D eigenvalue weighted by Gasteiger charge is 2.30. The molecule has 224 valence electrons. The van der Waals surface area contributed by atoms with Gasteiger partial charge in [-0.15, -0.1) is 0 Å². The smallest absolute Gasteiger partial charge is 0.419 e. The number of aromatic nitrogens is 2. The number of carboxylic acid groups (broad SMARTS) is 1. The molecule has 2 aliphatic rings. The number of hydrogen-bond acceptors (Lipinski definition) is 7. The van der Waals surface area contributed by atoms with Gasteiger partial charge in [-0.05, 0) is 55.9 Å². The lowest BCUT2D eigenvalue weighted by Gasteiger charge is -2.19. The van der Waals surface area contributed by atoms with Gasteiger partial charge in [-0.25, -0.2) is 23.9 Å². The van der Waals surface area contributed by atoms with E-state index >= 15 is 0 Å². The number of amides is 1. The standard InChI is InChI=1S/C26H27N3O6.C6H13N/c1-26(2,3)35-25(33)29-13-16(27-15-29)12-22(23(30)31)28-24(32)34-14-21-19-10-6-4-8-17(19)18-9-5-7-11-20(18)21;7-6-4-2-1-3-5-6/h4-11,13,15,21-22H,12,14H2,1-3H3,(H,28,32)(H,30,31);6H,1-5,7H2/t22-;/m0./s1. The Labute approximate surface area is 246 Å². The van der Waals surface area contributed by atoms with Crippen LogP contribution in [0.5, 0.6) is 0 Å². The average molecular weight is 577 g/mol. The molecule has 2 aliphatic carbocycles. The van der Waals surface area contributed by atoms with Crippen LogP contribution in [0.15, 0.2) is 61.1 Å². The topological polar surface area (TPSA) is 146 Å². The summed E-state index contributed by atoms with van der Waals surface area (Å²) in [6, 6.07) is 15.1. The number of benzene rings is 2. The molecule has 42 heavy (non-hydrogen) atoms. The van der Waals surface area contributed by atoms with Crippen LogP contribution in [0.3, 0.4) is 0 Å². The molecule has 1 fully saturated rings. The molecule has 0 unspecified atom stereocenters. The second-order valence-electron chi connectivity index (χ2n) is 11.7. The summed E-state index contributed by atoms with van der Waals surface area (Å²) in [6.45, 7) is 5.28. The monoisotopic (exact) mass is 576 g/mol. The van der Waals surface area contributed by atoms with Crippen molar-refractivity contribution in [3.05, 3.63) is 77.9 Å². The van der Waals surface area contributed by atoms with Gasteiger partial charge in [-0.1, -0.05) is 67.8 Å². The van der Waals surface area contributed by atoms with Gasteiger partial charge >= 0.3 is 18.2 Å². The average Bonchev–Trinajstić information content (AvgIpc) is 3.54. The molecule has 5 rings (SSSR count). The maximum Gasteiger partial charge on any atom is 0.419 e. The van der Waals surface area contributed by atoms with Crippen molar-refractivity contribution >= 4 is 18.2 Å². The van der Waals surface area contributed by atoms with E-state index < -0.39 is 29.8 Å². The van der Waals surface area contributed by atoms with Gasteiger partial charge in [0.25, 0.3) is 0 Å². The van der Waals surface area contributed by atoms with Crippen LogP contribution in [0.4, 0.5) is 9.59 Å². The zero-order valence-electron chi connectivity index (χ0n) is 24.4. The first-order valence-electron chi connectivity index (χ1n) is 14.4. The van der Waals surface area contributed by atoms with Crippen molar-refractivity contribution in [3.8, 4) is 11.1 Å². The lowest BCUT2D eigenvalue weighted by molar-refractivity contribution is -0.139. The Balaban J connectivity index is 0.000000507. The third-order valence-electron chi connectivity index (χ3n) is 7.24. The Morgan fingerprint density at radius 2 is 1.62 bits per heavy atom. The number of ether oxygens (including phenoxy) is 2. The summed E-state index contributed by atoms with van der Waals surface area (Å²) in [5.41, 5.74) is 9.57. The largest absolute Gasteiger partial charge is 0.480 e. The van der Waals surface area contributed by atoms with Crippen LogP contribution in [-0.2, 0) is 20.7 Å². The van der Waals surface area contributed by atoms with E-state index in [0.29, 0.717) is 11.7 Å². The Morgan fingerprint density at radius 3 is 2.14 bits per heavy atom. The molecule has 0 radical (unpaired) electrons. The minimum absolute atomic E-state index is 0.0689. The van der Waals surface area contributed by atoms with Crippen LogP contribution >= 0.6 is 0 Å². The van der Waals surface area contributed by atoms with Gasteiger partial charge in [0.2, 0.25) is 0 Å². The van der Waals surface area contributed by atoms with E-state index in [2.05, 4.69) is 10.3 Å². The van der Waals surface area contributed by atoms with Gasteiger partial charge in [0, 0.05) is 24.6 Å². The SMILES string of the molecule is CC(C)(C)OC(=O)n1cnc(C[C@H](NC(=O)OCC2c3ccccc3-c3ccccc32)C(=O)O)c1.NC1CCCCC1. The van der Waals surface area contributed by atoms with Gasteiger partial charge in [-0.3, -0.25) is 0 Å². The van der Waals surface area contributed by atoms with Gasteiger partial charge in [0.15, 0.2) is 0 Å². The summed E-state index contributed by atoms with van der Waals surface area (Å²) in [6.07, 6.45) is 7.68. The number of carbonyl (C=O) groups is 3. The lowest BCUT2D eigenvalue weighted by Crippen LogP contribution is -2.43. The van der Waals surface area contributed by atoms with Gasteiger partial charge < -0.3 is 25.6 Å². The molecular formula is C32H40N4O6. The molecule has 1 aromatic heterocycles. The molecule has 0 bridgehead atoms. The van der Waals surface area contributed by atoms with E-state index in [1.54, 1.807) is 20.8 Å². The molecule has 0 spiro atoms. The molecular weight excluding hydrogens is 536 g/mol. The Hall–Kier alpha value is -4.18. The summed E-state index contributed by atoms with van der Waals surface area (Å²) in [4.78, 5) is 40.5. The third-order valence-corrected chi connectivity index (χ3v) is 7.24. The number of imidazole rings is 1. The van der Waals surface area contributed by atoms with E-state index in [1.165, 1.54) is 44.6 Å². The normalized spacial score (nSPS) is 15.4. The fraction of sp³-hybridized carbons (Fsp3) is 0.438. The second-order valence-corrected chi connectivity index (χ2v) is 11.7. The molecule has 10 nitrogen and oxygen atoms in total. The van der Waals surface area contributed by atoms with Crippen LogP contribution in [0.25, 0.3) is 11.1 Å². The molecule has 0 saturated heterocycles. The van der Waals surface area contributed by atoms with E-state index in [4.69, 9.17) is 15.2 Å². The molecule has 3 aromatic rings. The number of alkyl carbamates (subject to hydrolysis) is 1. The summed E-state index contributed by atoms with van der Waals surface area (Å²) in [5.74, 6) is -1.38. The number of aliphatic carboxylic acids is 1. The summed E-state index contributed by atoms with van der Waals surface area (Å²) < 4.78 is 11.8. The van der Waals surface area contributed by atoms with Crippen LogP contribution in [0.2, 0.25) is 0 Å². The predicted molar refractivity (Wildman–Crippen MR) is 158 cm³/mol. The summed E-state index contributed by atoms with van der Waals surface area (Å²) in [5, 5.41) is 12.0. The highest BCUT2D eigenvalue weighted by Crippen LogP contribution is 2.44. The van der Waals surface area contributed by atoms with Crippen molar-refractivity contribution in [2.45, 2.75) is 82.9 Å². The quantitative estimate of drug-likeness (QED) is 0.350. The first-order valence-corrected chi connectivity index (χ1v) is 14.4. The molecule has 10 heteroatoms. The molecule has 4 N–H and O–H groups in total. The minimum atomic E-state index is -1.28. The molecule has 2 aromatic carbocycles. The maximum atomic E-state index is 12.5. The van der Waals surface area contributed by atoms with Crippen molar-refractivity contribution in [1.82, 2.24) is 14.9 Å². The number of carboxylic acids is 1. The van der Waals surface area contributed by atoms with E-state index in [9.17, 15) is 19.5 Å². The van der Waals surface area contributed by atoms with E-state index in [0.717, 1.165) is 26.8 Å². The predicted octanol–water partition coefficient (Wildman–Crippen LogP) is 5.48. The van der Waals surface area contributed by atoms with Crippen LogP contribution in [0.1, 0.15) is 75.6 Å². The number of nitrogens with two attached hydrogens (primary N) is 1. The van der Waals surface area contributed by atoms with Crippen LogP contribution in [-0.4, -0.2) is 57.1 Å². The fourth-order valence-corrected chi connectivity index (χ4v) is 5.21. The number of hydrogen-bond donors (Lipinski definition) is 3. The number of rotatable bonds is 6. The van der Waals surface area contributed by atoms with Crippen LogP contribution in [0, 0.1) is 0 Å². The molecule has 1 amide bonds. The van der Waals surface area contributed by atoms with Crippen molar-refractivity contribution < 1.29 is 29.0 Å². The lowest BCUT2D eigenvalue weighted by atomic mass is 9.97. The number of nitrogens with zero attached hydrogens (tertiary/aromatic N) is 2. The highest BCUT2D eigenvalue weighted by atomic mass is 16.6. The number of nitrogens with one attached hydrogen (secondary N) is 1. The van der Waals surface area contributed by atoms with E-state index in [1.807, 2.05) is 48.5 Å². The van der Waals surface area contributed by atoms with E-state index in [-0.39, 0.29) is 18.9 Å². The van der Waals surface area contributed by atoms with Crippen molar-refractivity contribution in [2.75, 3.05) is 6.61 Å². The van der Waals surface area contributed by atoms with Crippen LogP contribution < -0.4 is 11.1 Å². The Kier molecular flexibility index (Phi) is 10.0. The summed E-state index contributed by atoms with van der Waals surface area (Å²) >= 11 is 0. The molecule has 1 saturated carbocycles. The summed E-state index contributed by atoms with van der Waals surface area (Å²) in [7, 11) is 0. The van der Waals surface area contributed by atoms with Gasteiger partial charge in [0.1, 0.15) is 24.6 Å². The first kappa shape index (κ1) is 30.8. The zero-order chi connectivity index (χ0) is 30.3. The van der Waals surface area contributed by atoms with Crippen molar-refractivity contribution in [2.24, 2.45) is 5.73 Å². The fourth-order valence-electron chi connectivity index (χ4n) is 5.21. The van der Waals surface area contributed by atoms with Crippen molar-refractivity contribution in [1.29, 1.82) is 0 Å². The maximum absolute atomic E-state index is 12.5. The highest BCUT2D eigenvalue weighted by molar-refractivity contribution is 5.81. The first-order chi connectivity index (χ1) is 20.0. The molecule has 1 heterocycles. The molecule has 0 aliphatic heterocycles. The zero-order valence-corrected chi connectivity index (χ0v) is 24.4. The van der Waals surface area contributed by atoms with Gasteiger partial charge in [-0.2, -0.15) is 0 Å².